The summed E-state index contributed by atoms with van der Waals surface area (Å²) in [6.45, 7) is 3.29. The van der Waals surface area contributed by atoms with Crippen LogP contribution in [0.15, 0.2) is 12.1 Å². The van der Waals surface area contributed by atoms with Crippen LogP contribution in [0.2, 0.25) is 0 Å². The van der Waals surface area contributed by atoms with E-state index in [4.69, 9.17) is 4.74 Å². The Morgan fingerprint density at radius 3 is 2.92 bits per heavy atom. The van der Waals surface area contributed by atoms with E-state index < -0.39 is 5.60 Å². The molecule has 0 amide bonds. The fraction of sp³-hybridized carbons (Fsp3) is 0.600. The van der Waals surface area contributed by atoms with E-state index in [2.05, 4.69) is 6.92 Å². The van der Waals surface area contributed by atoms with Crippen molar-refractivity contribution in [3.8, 4) is 0 Å². The summed E-state index contributed by atoms with van der Waals surface area (Å²) in [5.74, 6) is 0. The summed E-state index contributed by atoms with van der Waals surface area (Å²) >= 11 is 1.66. The second-order valence-corrected chi connectivity index (χ2v) is 4.89. The van der Waals surface area contributed by atoms with Crippen LogP contribution in [-0.4, -0.2) is 18.3 Å². The smallest absolute Gasteiger partial charge is 0.122 e. The number of rotatable bonds is 1. The van der Waals surface area contributed by atoms with Gasteiger partial charge in [0, 0.05) is 16.4 Å². The van der Waals surface area contributed by atoms with Crippen molar-refractivity contribution in [3.63, 3.8) is 0 Å². The average molecular weight is 198 g/mol. The maximum atomic E-state index is 10.2. The highest BCUT2D eigenvalue weighted by molar-refractivity contribution is 7.12. The van der Waals surface area contributed by atoms with E-state index >= 15 is 0 Å². The van der Waals surface area contributed by atoms with Crippen LogP contribution in [0, 0.1) is 6.92 Å². The van der Waals surface area contributed by atoms with Gasteiger partial charge >= 0.3 is 0 Å². The van der Waals surface area contributed by atoms with Crippen LogP contribution in [-0.2, 0) is 10.3 Å². The van der Waals surface area contributed by atoms with E-state index in [1.54, 1.807) is 11.3 Å². The first-order chi connectivity index (χ1) is 6.21. The van der Waals surface area contributed by atoms with Gasteiger partial charge in [-0.1, -0.05) is 0 Å². The molecule has 2 heterocycles. The first-order valence-corrected chi connectivity index (χ1v) is 5.39. The molecule has 0 aliphatic carbocycles. The Kier molecular flexibility index (Phi) is 2.41. The molecule has 1 saturated heterocycles. The van der Waals surface area contributed by atoms with E-state index in [1.807, 2.05) is 12.1 Å². The second kappa shape index (κ2) is 3.40. The molecule has 0 radical (unpaired) electrons. The SMILES string of the molecule is Cc1ccc(C2(O)CCCOC2)s1. The van der Waals surface area contributed by atoms with Gasteiger partial charge in [-0.2, -0.15) is 0 Å². The number of aryl methyl sites for hydroxylation is 1. The van der Waals surface area contributed by atoms with E-state index in [-0.39, 0.29) is 0 Å². The molecule has 1 aliphatic rings. The van der Waals surface area contributed by atoms with Gasteiger partial charge in [0.15, 0.2) is 0 Å². The number of hydrogen-bond acceptors (Lipinski definition) is 3. The van der Waals surface area contributed by atoms with Gasteiger partial charge in [0.2, 0.25) is 0 Å². The quantitative estimate of drug-likeness (QED) is 0.748. The lowest BCUT2D eigenvalue weighted by atomic mass is 9.95. The summed E-state index contributed by atoms with van der Waals surface area (Å²) in [5, 5.41) is 10.2. The summed E-state index contributed by atoms with van der Waals surface area (Å²) < 4.78 is 5.31. The van der Waals surface area contributed by atoms with E-state index in [1.165, 1.54) is 4.88 Å². The van der Waals surface area contributed by atoms with Crippen molar-refractivity contribution in [2.75, 3.05) is 13.2 Å². The molecule has 13 heavy (non-hydrogen) atoms. The highest BCUT2D eigenvalue weighted by Crippen LogP contribution is 2.34. The van der Waals surface area contributed by atoms with E-state index in [0.717, 1.165) is 24.3 Å². The van der Waals surface area contributed by atoms with E-state index in [9.17, 15) is 5.11 Å². The summed E-state index contributed by atoms with van der Waals surface area (Å²) in [5.41, 5.74) is -0.711. The molecule has 0 aromatic carbocycles. The molecule has 1 aromatic rings. The van der Waals surface area contributed by atoms with Gasteiger partial charge in [-0.15, -0.1) is 11.3 Å². The minimum Gasteiger partial charge on any atom is -0.382 e. The third-order valence-electron chi connectivity index (χ3n) is 2.42. The molecule has 3 heteroatoms. The van der Waals surface area contributed by atoms with Crippen LogP contribution >= 0.6 is 11.3 Å². The van der Waals surface area contributed by atoms with Crippen LogP contribution in [0.5, 0.6) is 0 Å². The Balaban J connectivity index is 2.22. The van der Waals surface area contributed by atoms with Gasteiger partial charge in [-0.3, -0.25) is 0 Å². The Labute approximate surface area is 82.2 Å². The van der Waals surface area contributed by atoms with Crippen molar-refractivity contribution in [1.29, 1.82) is 0 Å². The Morgan fingerprint density at radius 1 is 1.54 bits per heavy atom. The summed E-state index contributed by atoms with van der Waals surface area (Å²) in [6, 6.07) is 4.06. The molecule has 2 rings (SSSR count). The topological polar surface area (TPSA) is 29.5 Å². The molecule has 1 N–H and O–H groups in total. The van der Waals surface area contributed by atoms with Gasteiger partial charge in [0.25, 0.3) is 0 Å². The lowest BCUT2D eigenvalue weighted by Crippen LogP contribution is -2.34. The van der Waals surface area contributed by atoms with E-state index in [0.29, 0.717) is 6.61 Å². The van der Waals surface area contributed by atoms with Crippen LogP contribution < -0.4 is 0 Å². The molecule has 0 spiro atoms. The standard InChI is InChI=1S/C10H14O2S/c1-8-3-4-9(13-8)10(11)5-2-6-12-7-10/h3-4,11H,2,5-7H2,1H3. The molecule has 1 aliphatic heterocycles. The minimum absolute atomic E-state index is 0.451. The largest absolute Gasteiger partial charge is 0.382 e. The van der Waals surface area contributed by atoms with Crippen molar-refractivity contribution < 1.29 is 9.84 Å². The van der Waals surface area contributed by atoms with Crippen molar-refractivity contribution in [3.05, 3.63) is 21.9 Å². The maximum Gasteiger partial charge on any atom is 0.122 e. The third kappa shape index (κ3) is 1.77. The average Bonchev–Trinajstić information content (AvgIpc) is 2.54. The molecular formula is C10H14O2S. The zero-order chi connectivity index (χ0) is 9.31. The number of hydrogen-bond donors (Lipinski definition) is 1. The predicted octanol–water partition coefficient (Wildman–Crippen LogP) is 2.05. The van der Waals surface area contributed by atoms with Crippen LogP contribution in [0.4, 0.5) is 0 Å². The minimum atomic E-state index is -0.711. The van der Waals surface area contributed by atoms with Crippen molar-refractivity contribution in [1.82, 2.24) is 0 Å². The predicted molar refractivity (Wildman–Crippen MR) is 53.0 cm³/mol. The van der Waals surface area contributed by atoms with Gasteiger partial charge < -0.3 is 9.84 Å². The lowest BCUT2D eigenvalue weighted by molar-refractivity contribution is -0.0880. The maximum absolute atomic E-state index is 10.2. The monoisotopic (exact) mass is 198 g/mol. The highest BCUT2D eigenvalue weighted by atomic mass is 32.1. The molecule has 1 unspecified atom stereocenters. The number of thiophene rings is 1. The molecule has 0 bridgehead atoms. The molecule has 72 valence electrons. The van der Waals surface area contributed by atoms with Gasteiger partial charge in [0.05, 0.1) is 6.61 Å². The Morgan fingerprint density at radius 2 is 2.38 bits per heavy atom. The van der Waals surface area contributed by atoms with Crippen LogP contribution in [0.1, 0.15) is 22.6 Å². The third-order valence-corrected chi connectivity index (χ3v) is 3.61. The molecule has 1 fully saturated rings. The first kappa shape index (κ1) is 9.19. The molecular weight excluding hydrogens is 184 g/mol. The van der Waals surface area contributed by atoms with Gasteiger partial charge in [-0.25, -0.2) is 0 Å². The Hall–Kier alpha value is -0.380. The van der Waals surface area contributed by atoms with Crippen molar-refractivity contribution in [2.45, 2.75) is 25.4 Å². The molecule has 1 atom stereocenters. The second-order valence-electron chi connectivity index (χ2n) is 3.60. The summed E-state index contributed by atoms with van der Waals surface area (Å²) in [6.07, 6.45) is 1.78. The molecule has 2 nitrogen and oxygen atoms in total. The first-order valence-electron chi connectivity index (χ1n) is 4.58. The molecule has 1 aromatic heterocycles. The van der Waals surface area contributed by atoms with Crippen LogP contribution in [0.25, 0.3) is 0 Å². The Bertz CT molecular complexity index is 287. The normalized spacial score (nSPS) is 29.1. The highest BCUT2D eigenvalue weighted by Gasteiger charge is 2.33. The summed E-state index contributed by atoms with van der Waals surface area (Å²) in [7, 11) is 0. The number of ether oxygens (including phenoxy) is 1. The molecule has 0 saturated carbocycles. The van der Waals surface area contributed by atoms with Crippen LogP contribution in [0.3, 0.4) is 0 Å². The fourth-order valence-electron chi connectivity index (χ4n) is 1.66. The zero-order valence-corrected chi connectivity index (χ0v) is 8.56. The van der Waals surface area contributed by atoms with Gasteiger partial charge in [-0.05, 0) is 31.9 Å². The van der Waals surface area contributed by atoms with Crippen molar-refractivity contribution in [2.24, 2.45) is 0 Å². The lowest BCUT2D eigenvalue weighted by Gasteiger charge is -2.30. The van der Waals surface area contributed by atoms with Crippen molar-refractivity contribution >= 4 is 11.3 Å². The van der Waals surface area contributed by atoms with Gasteiger partial charge in [0.1, 0.15) is 5.60 Å². The number of aliphatic hydroxyl groups is 1. The zero-order valence-electron chi connectivity index (χ0n) is 7.75. The fourth-order valence-corrected chi connectivity index (χ4v) is 2.63. The summed E-state index contributed by atoms with van der Waals surface area (Å²) in [4.78, 5) is 2.29.